The summed E-state index contributed by atoms with van der Waals surface area (Å²) in [4.78, 5) is 6.86. The van der Waals surface area contributed by atoms with Gasteiger partial charge in [-0.1, -0.05) is 25.3 Å². The van der Waals surface area contributed by atoms with Crippen LogP contribution in [0.1, 0.15) is 44.1 Å². The molecule has 7 heteroatoms. The van der Waals surface area contributed by atoms with Gasteiger partial charge >= 0.3 is 0 Å². The van der Waals surface area contributed by atoms with E-state index in [0.29, 0.717) is 0 Å². The number of rotatable bonds is 10. The van der Waals surface area contributed by atoms with E-state index in [0.717, 1.165) is 56.0 Å². The van der Waals surface area contributed by atoms with E-state index in [1.54, 1.807) is 14.2 Å². The van der Waals surface area contributed by atoms with Gasteiger partial charge in [-0.15, -0.1) is 24.0 Å². The van der Waals surface area contributed by atoms with Gasteiger partial charge in [-0.2, -0.15) is 0 Å². The molecule has 0 atom stereocenters. The maximum Gasteiger partial charge on any atom is 0.190 e. The first-order valence-electron chi connectivity index (χ1n) is 10.5. The third-order valence-electron chi connectivity index (χ3n) is 5.56. The molecule has 0 radical (unpaired) electrons. The van der Waals surface area contributed by atoms with E-state index < -0.39 is 0 Å². The van der Waals surface area contributed by atoms with E-state index in [4.69, 9.17) is 9.47 Å². The standard InChI is InChI=1S/C22H38N4O2.HI/c1-23-22(24-14-8-16-26(2)19-9-6-5-7-10-19)25-15-13-18-11-12-20(27-3)21(17-18)28-4;/h11-12,17,19H,5-10,13-16H2,1-4H3,(H2,23,24,25);1H. The summed E-state index contributed by atoms with van der Waals surface area (Å²) in [7, 11) is 7.41. The Labute approximate surface area is 193 Å². The molecular formula is C22H39IN4O2. The molecule has 1 aromatic carbocycles. The molecule has 0 saturated heterocycles. The number of ether oxygens (including phenoxy) is 2. The van der Waals surface area contributed by atoms with Gasteiger partial charge in [-0.05, 0) is 57.0 Å². The van der Waals surface area contributed by atoms with Gasteiger partial charge in [-0.25, -0.2) is 0 Å². The number of hydrogen-bond acceptors (Lipinski definition) is 4. The van der Waals surface area contributed by atoms with Crippen LogP contribution in [0.25, 0.3) is 0 Å². The lowest BCUT2D eigenvalue weighted by molar-refractivity contribution is 0.190. The SMILES string of the molecule is CN=C(NCCCN(C)C1CCCCC1)NCCc1ccc(OC)c(OC)c1.I. The number of nitrogens with zero attached hydrogens (tertiary/aromatic N) is 2. The van der Waals surface area contributed by atoms with E-state index >= 15 is 0 Å². The maximum atomic E-state index is 5.37. The van der Waals surface area contributed by atoms with Crippen molar-refractivity contribution in [1.82, 2.24) is 15.5 Å². The van der Waals surface area contributed by atoms with Crippen molar-refractivity contribution in [2.75, 3.05) is 47.9 Å². The molecule has 1 aromatic rings. The number of hydrogen-bond donors (Lipinski definition) is 2. The van der Waals surface area contributed by atoms with Crippen molar-refractivity contribution in [3.05, 3.63) is 23.8 Å². The Bertz CT molecular complexity index is 606. The average molecular weight is 518 g/mol. The second-order valence-electron chi connectivity index (χ2n) is 7.49. The summed E-state index contributed by atoms with van der Waals surface area (Å²) in [5, 5.41) is 6.81. The third kappa shape index (κ3) is 8.99. The van der Waals surface area contributed by atoms with E-state index in [-0.39, 0.29) is 24.0 Å². The van der Waals surface area contributed by atoms with Gasteiger partial charge < -0.3 is 25.0 Å². The summed E-state index contributed by atoms with van der Waals surface area (Å²) in [5.41, 5.74) is 1.20. The van der Waals surface area contributed by atoms with Gasteiger partial charge in [0.15, 0.2) is 17.5 Å². The fraction of sp³-hybridized carbons (Fsp3) is 0.682. The summed E-state index contributed by atoms with van der Waals surface area (Å²) in [6.07, 6.45) is 8.95. The van der Waals surface area contributed by atoms with Crippen LogP contribution >= 0.6 is 24.0 Å². The van der Waals surface area contributed by atoms with Gasteiger partial charge in [-0.3, -0.25) is 4.99 Å². The molecule has 29 heavy (non-hydrogen) atoms. The number of guanidine groups is 1. The minimum Gasteiger partial charge on any atom is -0.493 e. The molecule has 0 unspecified atom stereocenters. The zero-order valence-corrected chi connectivity index (χ0v) is 20.8. The van der Waals surface area contributed by atoms with Gasteiger partial charge in [0.25, 0.3) is 0 Å². The van der Waals surface area contributed by atoms with Crippen LogP contribution in [0.2, 0.25) is 0 Å². The van der Waals surface area contributed by atoms with Gasteiger partial charge in [0.1, 0.15) is 0 Å². The molecule has 0 aliphatic heterocycles. The molecule has 0 bridgehead atoms. The van der Waals surface area contributed by atoms with Crippen molar-refractivity contribution in [2.45, 2.75) is 51.0 Å². The Balaban J connectivity index is 0.00000420. The molecular weight excluding hydrogens is 479 g/mol. The smallest absolute Gasteiger partial charge is 0.190 e. The Morgan fingerprint density at radius 2 is 1.76 bits per heavy atom. The quantitative estimate of drug-likeness (QED) is 0.214. The monoisotopic (exact) mass is 518 g/mol. The van der Waals surface area contributed by atoms with E-state index in [9.17, 15) is 0 Å². The minimum atomic E-state index is 0. The number of methoxy groups -OCH3 is 2. The van der Waals surface area contributed by atoms with Crippen molar-refractivity contribution in [2.24, 2.45) is 4.99 Å². The van der Waals surface area contributed by atoms with Crippen LogP contribution < -0.4 is 20.1 Å². The molecule has 0 spiro atoms. The first-order chi connectivity index (χ1) is 13.7. The number of benzene rings is 1. The highest BCUT2D eigenvalue weighted by atomic mass is 127. The summed E-state index contributed by atoms with van der Waals surface area (Å²) < 4.78 is 10.7. The fourth-order valence-corrected chi connectivity index (χ4v) is 3.82. The summed E-state index contributed by atoms with van der Waals surface area (Å²) in [5.74, 6) is 2.39. The number of aliphatic imine (C=N–C) groups is 1. The lowest BCUT2D eigenvalue weighted by atomic mass is 9.94. The first-order valence-corrected chi connectivity index (χ1v) is 10.5. The van der Waals surface area contributed by atoms with Crippen molar-refractivity contribution in [1.29, 1.82) is 0 Å². The summed E-state index contributed by atoms with van der Waals surface area (Å²) in [6.45, 7) is 2.89. The largest absolute Gasteiger partial charge is 0.493 e. The third-order valence-corrected chi connectivity index (χ3v) is 5.56. The van der Waals surface area contributed by atoms with Crippen LogP contribution in [-0.2, 0) is 6.42 Å². The highest BCUT2D eigenvalue weighted by molar-refractivity contribution is 14.0. The van der Waals surface area contributed by atoms with E-state index in [1.807, 2.05) is 19.2 Å². The van der Waals surface area contributed by atoms with E-state index in [1.165, 1.54) is 37.7 Å². The van der Waals surface area contributed by atoms with Gasteiger partial charge in [0.2, 0.25) is 0 Å². The van der Waals surface area contributed by atoms with Crippen LogP contribution in [-0.4, -0.2) is 64.9 Å². The van der Waals surface area contributed by atoms with Gasteiger partial charge in [0, 0.05) is 26.2 Å². The van der Waals surface area contributed by atoms with E-state index in [2.05, 4.69) is 33.6 Å². The molecule has 1 fully saturated rings. The Morgan fingerprint density at radius 3 is 2.41 bits per heavy atom. The van der Waals surface area contributed by atoms with Crippen LogP contribution in [0.3, 0.4) is 0 Å². The average Bonchev–Trinajstić information content (AvgIpc) is 2.75. The number of nitrogens with one attached hydrogen (secondary N) is 2. The number of halogens is 1. The molecule has 1 aliphatic rings. The zero-order chi connectivity index (χ0) is 20.2. The second kappa shape index (κ2) is 14.7. The Kier molecular flexibility index (Phi) is 13.1. The molecule has 0 amide bonds. The molecule has 2 rings (SSSR count). The fourth-order valence-electron chi connectivity index (χ4n) is 3.82. The predicted octanol–water partition coefficient (Wildman–Crippen LogP) is 3.68. The second-order valence-corrected chi connectivity index (χ2v) is 7.49. The molecule has 1 saturated carbocycles. The normalized spacial score (nSPS) is 15.0. The van der Waals surface area contributed by atoms with Crippen LogP contribution in [0, 0.1) is 0 Å². The zero-order valence-electron chi connectivity index (χ0n) is 18.5. The highest BCUT2D eigenvalue weighted by Gasteiger charge is 2.17. The van der Waals surface area contributed by atoms with Gasteiger partial charge in [0.05, 0.1) is 14.2 Å². The molecule has 0 aromatic heterocycles. The maximum absolute atomic E-state index is 5.37. The summed E-state index contributed by atoms with van der Waals surface area (Å²) >= 11 is 0. The summed E-state index contributed by atoms with van der Waals surface area (Å²) in [6, 6.07) is 6.83. The molecule has 0 heterocycles. The van der Waals surface area contributed by atoms with Crippen molar-refractivity contribution >= 4 is 29.9 Å². The Morgan fingerprint density at radius 1 is 1.07 bits per heavy atom. The lowest BCUT2D eigenvalue weighted by Crippen LogP contribution is -2.40. The van der Waals surface area contributed by atoms with Crippen LogP contribution in [0.15, 0.2) is 23.2 Å². The Hall–Kier alpha value is -1.22. The van der Waals surface area contributed by atoms with Crippen molar-refractivity contribution < 1.29 is 9.47 Å². The lowest BCUT2D eigenvalue weighted by Gasteiger charge is -2.31. The molecule has 1 aliphatic carbocycles. The predicted molar refractivity (Wildman–Crippen MR) is 132 cm³/mol. The molecule has 6 nitrogen and oxygen atoms in total. The first kappa shape index (κ1) is 25.8. The molecule has 166 valence electrons. The van der Waals surface area contributed by atoms with Crippen molar-refractivity contribution in [3.63, 3.8) is 0 Å². The highest BCUT2D eigenvalue weighted by Crippen LogP contribution is 2.27. The van der Waals surface area contributed by atoms with Crippen LogP contribution in [0.4, 0.5) is 0 Å². The van der Waals surface area contributed by atoms with Crippen molar-refractivity contribution in [3.8, 4) is 11.5 Å². The van der Waals surface area contributed by atoms with Crippen LogP contribution in [0.5, 0.6) is 11.5 Å². The minimum absolute atomic E-state index is 0. The molecule has 2 N–H and O–H groups in total. The topological polar surface area (TPSA) is 58.1 Å².